The van der Waals surface area contributed by atoms with Gasteiger partial charge in [-0.3, -0.25) is 9.59 Å². The van der Waals surface area contributed by atoms with Crippen molar-refractivity contribution in [2.75, 3.05) is 11.9 Å². The number of carbonyl (C=O) groups is 2. The standard InChI is InChI=1S/C22H16BrClN2O2/c23-16-8-11-19-18(12-16)21(14-4-2-1-3-5-14)26(13-20(27)25-19)22(28)15-6-9-17(24)10-7-15/h1-12,21H,13H2,(H,25,27)/t21-/m0/s1. The normalized spacial score (nSPS) is 16.1. The second-order valence-electron chi connectivity index (χ2n) is 6.53. The summed E-state index contributed by atoms with van der Waals surface area (Å²) in [6.07, 6.45) is 0. The summed E-state index contributed by atoms with van der Waals surface area (Å²) in [7, 11) is 0. The molecule has 0 saturated heterocycles. The summed E-state index contributed by atoms with van der Waals surface area (Å²) >= 11 is 9.48. The van der Waals surface area contributed by atoms with E-state index >= 15 is 0 Å². The van der Waals surface area contributed by atoms with Crippen LogP contribution in [0.1, 0.15) is 27.5 Å². The Kier molecular flexibility index (Phi) is 5.20. The quantitative estimate of drug-likeness (QED) is 0.571. The second-order valence-corrected chi connectivity index (χ2v) is 7.89. The monoisotopic (exact) mass is 454 g/mol. The lowest BCUT2D eigenvalue weighted by Gasteiger charge is -2.30. The van der Waals surface area contributed by atoms with Gasteiger partial charge in [-0.2, -0.15) is 0 Å². The van der Waals surface area contributed by atoms with E-state index in [0.29, 0.717) is 16.3 Å². The number of hydrogen-bond donors (Lipinski definition) is 1. The highest BCUT2D eigenvalue weighted by Gasteiger charge is 2.34. The Bertz CT molecular complexity index is 1040. The zero-order valence-corrected chi connectivity index (χ0v) is 17.1. The zero-order valence-electron chi connectivity index (χ0n) is 14.7. The molecule has 3 aromatic carbocycles. The van der Waals surface area contributed by atoms with Gasteiger partial charge in [-0.05, 0) is 48.0 Å². The molecule has 1 N–H and O–H groups in total. The predicted octanol–water partition coefficient (Wildman–Crippen LogP) is 5.29. The van der Waals surface area contributed by atoms with Crippen LogP contribution in [-0.2, 0) is 4.79 Å². The number of nitrogens with one attached hydrogen (secondary N) is 1. The number of anilines is 1. The maximum Gasteiger partial charge on any atom is 0.255 e. The lowest BCUT2D eigenvalue weighted by molar-refractivity contribution is -0.117. The maximum absolute atomic E-state index is 13.4. The van der Waals surface area contributed by atoms with Gasteiger partial charge in [0.05, 0.1) is 6.04 Å². The Hall–Kier alpha value is -2.63. The molecule has 2 amide bonds. The summed E-state index contributed by atoms with van der Waals surface area (Å²) < 4.78 is 0.877. The van der Waals surface area contributed by atoms with Gasteiger partial charge >= 0.3 is 0 Å². The average Bonchev–Trinajstić information content (AvgIpc) is 2.84. The predicted molar refractivity (Wildman–Crippen MR) is 114 cm³/mol. The maximum atomic E-state index is 13.4. The molecule has 0 aliphatic carbocycles. The van der Waals surface area contributed by atoms with Crippen LogP contribution in [0.2, 0.25) is 5.02 Å². The average molecular weight is 456 g/mol. The third-order valence-corrected chi connectivity index (χ3v) is 5.42. The molecule has 1 aliphatic heterocycles. The number of rotatable bonds is 2. The summed E-state index contributed by atoms with van der Waals surface area (Å²) in [4.78, 5) is 27.6. The number of nitrogens with zero attached hydrogens (tertiary/aromatic N) is 1. The van der Waals surface area contributed by atoms with Crippen molar-refractivity contribution in [3.63, 3.8) is 0 Å². The Morgan fingerprint density at radius 2 is 1.75 bits per heavy atom. The van der Waals surface area contributed by atoms with Gasteiger partial charge in [-0.15, -0.1) is 0 Å². The van der Waals surface area contributed by atoms with E-state index in [2.05, 4.69) is 21.2 Å². The molecule has 0 saturated carbocycles. The van der Waals surface area contributed by atoms with E-state index in [1.165, 1.54) is 0 Å². The van der Waals surface area contributed by atoms with Crippen LogP contribution < -0.4 is 5.32 Å². The molecule has 4 nitrogen and oxygen atoms in total. The van der Waals surface area contributed by atoms with Crippen LogP contribution >= 0.6 is 27.5 Å². The van der Waals surface area contributed by atoms with Gasteiger partial charge in [0.25, 0.3) is 5.91 Å². The minimum atomic E-state index is -0.407. The first-order valence-corrected chi connectivity index (χ1v) is 9.91. The molecule has 0 unspecified atom stereocenters. The van der Waals surface area contributed by atoms with Crippen LogP contribution in [0.4, 0.5) is 5.69 Å². The summed E-state index contributed by atoms with van der Waals surface area (Å²) in [5.74, 6) is -0.460. The molecular formula is C22H16BrClN2O2. The third-order valence-electron chi connectivity index (χ3n) is 4.68. The lowest BCUT2D eigenvalue weighted by Crippen LogP contribution is -2.38. The number of fused-ring (bicyclic) bond motifs is 1. The van der Waals surface area contributed by atoms with Gasteiger partial charge < -0.3 is 10.2 Å². The molecule has 6 heteroatoms. The van der Waals surface area contributed by atoms with Crippen molar-refractivity contribution in [3.8, 4) is 0 Å². The molecule has 140 valence electrons. The fraction of sp³-hybridized carbons (Fsp3) is 0.0909. The van der Waals surface area contributed by atoms with Crippen LogP contribution in [0.15, 0.2) is 77.3 Å². The highest BCUT2D eigenvalue weighted by Crippen LogP contribution is 2.38. The molecule has 1 aliphatic rings. The van der Waals surface area contributed by atoms with Crippen LogP contribution in [-0.4, -0.2) is 23.3 Å². The van der Waals surface area contributed by atoms with Crippen LogP contribution in [0.5, 0.6) is 0 Å². The SMILES string of the molecule is O=C1CN(C(=O)c2ccc(Cl)cc2)[C@@H](c2ccccc2)c2cc(Br)ccc2N1. The van der Waals surface area contributed by atoms with Crippen molar-refractivity contribution in [2.24, 2.45) is 0 Å². The van der Waals surface area contributed by atoms with Crippen molar-refractivity contribution in [2.45, 2.75) is 6.04 Å². The summed E-state index contributed by atoms with van der Waals surface area (Å²) in [5, 5.41) is 3.47. The summed E-state index contributed by atoms with van der Waals surface area (Å²) in [6.45, 7) is -0.0483. The summed E-state index contributed by atoms with van der Waals surface area (Å²) in [5.41, 5.74) is 2.97. The van der Waals surface area contributed by atoms with Crippen molar-refractivity contribution in [1.82, 2.24) is 4.90 Å². The Labute approximate surface area is 176 Å². The van der Waals surface area contributed by atoms with Crippen LogP contribution in [0.3, 0.4) is 0 Å². The molecular weight excluding hydrogens is 440 g/mol. The van der Waals surface area contributed by atoms with Crippen LogP contribution in [0, 0.1) is 0 Å². The third kappa shape index (κ3) is 3.68. The van der Waals surface area contributed by atoms with E-state index in [9.17, 15) is 9.59 Å². The first-order valence-electron chi connectivity index (χ1n) is 8.74. The van der Waals surface area contributed by atoms with Crippen molar-refractivity contribution in [1.29, 1.82) is 0 Å². The number of halogens is 2. The van der Waals surface area contributed by atoms with E-state index < -0.39 is 6.04 Å². The Morgan fingerprint density at radius 3 is 2.46 bits per heavy atom. The largest absolute Gasteiger partial charge is 0.324 e. The van der Waals surface area contributed by atoms with E-state index in [0.717, 1.165) is 15.6 Å². The van der Waals surface area contributed by atoms with Gasteiger partial charge in [-0.1, -0.05) is 57.9 Å². The molecule has 0 fully saturated rings. The number of amides is 2. The molecule has 1 atom stereocenters. The first kappa shape index (κ1) is 18.7. The van der Waals surface area contributed by atoms with Crippen molar-refractivity contribution in [3.05, 3.63) is 99.0 Å². The molecule has 1 heterocycles. The highest BCUT2D eigenvalue weighted by atomic mass is 79.9. The molecule has 4 rings (SSSR count). The number of carbonyl (C=O) groups excluding carboxylic acids is 2. The Morgan fingerprint density at radius 1 is 1.04 bits per heavy atom. The number of benzene rings is 3. The van der Waals surface area contributed by atoms with E-state index in [1.54, 1.807) is 29.2 Å². The van der Waals surface area contributed by atoms with E-state index in [4.69, 9.17) is 11.6 Å². The molecule has 0 spiro atoms. The van der Waals surface area contributed by atoms with Gasteiger partial charge in [-0.25, -0.2) is 0 Å². The Balaban J connectivity index is 1.88. The van der Waals surface area contributed by atoms with Crippen molar-refractivity contribution >= 4 is 45.0 Å². The van der Waals surface area contributed by atoms with Crippen LogP contribution in [0.25, 0.3) is 0 Å². The minimum absolute atomic E-state index is 0.0483. The zero-order chi connectivity index (χ0) is 19.7. The van der Waals surface area contributed by atoms with Crippen molar-refractivity contribution < 1.29 is 9.59 Å². The van der Waals surface area contributed by atoms with E-state index in [-0.39, 0.29) is 18.4 Å². The lowest BCUT2D eigenvalue weighted by atomic mass is 9.95. The summed E-state index contributed by atoms with van der Waals surface area (Å²) in [6, 6.07) is 21.7. The van der Waals surface area contributed by atoms with Gasteiger partial charge in [0.1, 0.15) is 6.54 Å². The molecule has 0 radical (unpaired) electrons. The molecule has 0 bridgehead atoms. The fourth-order valence-electron chi connectivity index (χ4n) is 3.42. The van der Waals surface area contributed by atoms with Gasteiger partial charge in [0, 0.05) is 26.3 Å². The highest BCUT2D eigenvalue weighted by molar-refractivity contribution is 9.10. The molecule has 28 heavy (non-hydrogen) atoms. The topological polar surface area (TPSA) is 49.4 Å². The first-order chi connectivity index (χ1) is 13.5. The second kappa shape index (κ2) is 7.78. The van der Waals surface area contributed by atoms with Gasteiger partial charge in [0.15, 0.2) is 0 Å². The molecule has 0 aromatic heterocycles. The van der Waals surface area contributed by atoms with Gasteiger partial charge in [0.2, 0.25) is 5.91 Å². The minimum Gasteiger partial charge on any atom is -0.324 e. The smallest absolute Gasteiger partial charge is 0.255 e. The van der Waals surface area contributed by atoms with E-state index in [1.807, 2.05) is 48.5 Å². The number of hydrogen-bond acceptors (Lipinski definition) is 2. The fourth-order valence-corrected chi connectivity index (χ4v) is 3.92. The molecule has 3 aromatic rings.